The molecule has 1 heterocycles. The molecule has 0 saturated carbocycles. The van der Waals surface area contributed by atoms with Crippen LogP contribution in [0.5, 0.6) is 0 Å². The van der Waals surface area contributed by atoms with E-state index in [-0.39, 0.29) is 0 Å². The molecule has 5 heteroatoms. The van der Waals surface area contributed by atoms with Crippen LogP contribution in [0.3, 0.4) is 0 Å². The average Bonchev–Trinajstić information content (AvgIpc) is 2.91. The summed E-state index contributed by atoms with van der Waals surface area (Å²) in [5.41, 5.74) is 0.966. The molecule has 0 amide bonds. The normalized spacial score (nSPS) is 10.3. The molecule has 0 aliphatic heterocycles. The first-order valence-electron chi connectivity index (χ1n) is 5.77. The highest BCUT2D eigenvalue weighted by atomic mass is 32.1. The van der Waals surface area contributed by atoms with Crippen LogP contribution in [0.2, 0.25) is 0 Å². The minimum Gasteiger partial charge on any atom is -0.332 e. The Morgan fingerprint density at radius 2 is 1.89 bits per heavy atom. The van der Waals surface area contributed by atoms with Crippen molar-refractivity contribution in [2.24, 2.45) is 0 Å². The van der Waals surface area contributed by atoms with Crippen LogP contribution in [0.4, 0.5) is 10.8 Å². The van der Waals surface area contributed by atoms with Crippen molar-refractivity contribution in [1.82, 2.24) is 4.98 Å². The lowest BCUT2D eigenvalue weighted by Gasteiger charge is -2.09. The van der Waals surface area contributed by atoms with Gasteiger partial charge < -0.3 is 10.6 Å². The molecule has 0 saturated heterocycles. The molecular formula is C14H11N3S2. The Morgan fingerprint density at radius 3 is 2.68 bits per heavy atom. The lowest BCUT2D eigenvalue weighted by molar-refractivity contribution is 1.41. The molecule has 3 nitrogen and oxygen atoms in total. The van der Waals surface area contributed by atoms with Gasteiger partial charge in [-0.2, -0.15) is 0 Å². The molecule has 0 bridgehead atoms. The summed E-state index contributed by atoms with van der Waals surface area (Å²) in [6, 6.07) is 14.4. The zero-order valence-electron chi connectivity index (χ0n) is 9.96. The van der Waals surface area contributed by atoms with Crippen molar-refractivity contribution in [3.05, 3.63) is 54.0 Å². The first-order chi connectivity index (χ1) is 9.31. The van der Waals surface area contributed by atoms with Gasteiger partial charge in [0.1, 0.15) is 0 Å². The van der Waals surface area contributed by atoms with Gasteiger partial charge in [-0.15, -0.1) is 11.3 Å². The second-order valence-electron chi connectivity index (χ2n) is 3.98. The van der Waals surface area contributed by atoms with Crippen LogP contribution in [0.25, 0.3) is 10.8 Å². The first kappa shape index (κ1) is 12.1. The number of nitrogens with zero attached hydrogens (tertiary/aromatic N) is 1. The van der Waals surface area contributed by atoms with Crippen LogP contribution >= 0.6 is 23.6 Å². The fraction of sp³-hybridized carbons (Fsp3) is 0. The molecule has 0 aliphatic rings. The molecule has 3 rings (SSSR count). The fourth-order valence-electron chi connectivity index (χ4n) is 1.81. The van der Waals surface area contributed by atoms with E-state index in [4.69, 9.17) is 12.2 Å². The molecule has 0 radical (unpaired) electrons. The van der Waals surface area contributed by atoms with E-state index >= 15 is 0 Å². The summed E-state index contributed by atoms with van der Waals surface area (Å²) in [5, 5.41) is 11.8. The molecule has 3 aromatic rings. The molecule has 0 atom stereocenters. The summed E-state index contributed by atoms with van der Waals surface area (Å²) in [5.74, 6) is 0. The van der Waals surface area contributed by atoms with E-state index in [0.29, 0.717) is 5.11 Å². The monoisotopic (exact) mass is 285 g/mol. The number of hydrogen-bond acceptors (Lipinski definition) is 3. The second-order valence-corrected chi connectivity index (χ2v) is 5.28. The molecule has 2 aromatic carbocycles. The zero-order valence-corrected chi connectivity index (χ0v) is 11.6. The van der Waals surface area contributed by atoms with E-state index in [2.05, 4.69) is 39.9 Å². The lowest BCUT2D eigenvalue weighted by atomic mass is 10.1. The Hall–Kier alpha value is -1.98. The molecule has 0 unspecified atom stereocenters. The standard InChI is InChI=1S/C14H11N3S2/c18-13(17-14-15-7-8-19-14)16-12-6-5-10-3-1-2-4-11(10)9-12/h1-9H,(H2,15,16,17,18). The van der Waals surface area contributed by atoms with Gasteiger partial charge in [0, 0.05) is 17.3 Å². The van der Waals surface area contributed by atoms with Gasteiger partial charge in [-0.3, -0.25) is 0 Å². The number of fused-ring (bicyclic) bond motifs is 1. The minimum atomic E-state index is 0.547. The average molecular weight is 285 g/mol. The van der Waals surface area contributed by atoms with Gasteiger partial charge in [0.2, 0.25) is 0 Å². The van der Waals surface area contributed by atoms with Crippen molar-refractivity contribution in [3.63, 3.8) is 0 Å². The number of benzene rings is 2. The molecule has 2 N–H and O–H groups in total. The smallest absolute Gasteiger partial charge is 0.188 e. The number of thiocarbonyl (C=S) groups is 1. The summed E-state index contributed by atoms with van der Waals surface area (Å²) in [6.45, 7) is 0. The maximum Gasteiger partial charge on any atom is 0.188 e. The number of thiazole rings is 1. The quantitative estimate of drug-likeness (QED) is 0.695. The van der Waals surface area contributed by atoms with Crippen LogP contribution in [0.1, 0.15) is 0 Å². The van der Waals surface area contributed by atoms with Crippen LogP contribution in [-0.2, 0) is 0 Å². The van der Waals surface area contributed by atoms with E-state index in [9.17, 15) is 0 Å². The summed E-state index contributed by atoms with van der Waals surface area (Å²) >= 11 is 6.77. The minimum absolute atomic E-state index is 0.547. The van der Waals surface area contributed by atoms with Crippen LogP contribution in [0.15, 0.2) is 54.0 Å². The highest BCUT2D eigenvalue weighted by Crippen LogP contribution is 2.19. The number of nitrogens with one attached hydrogen (secondary N) is 2. The maximum atomic E-state index is 5.25. The largest absolute Gasteiger partial charge is 0.332 e. The molecule has 0 fully saturated rings. The van der Waals surface area contributed by atoms with Crippen molar-refractivity contribution in [1.29, 1.82) is 0 Å². The fourth-order valence-corrected chi connectivity index (χ4v) is 2.62. The van der Waals surface area contributed by atoms with E-state index in [1.54, 1.807) is 6.20 Å². The number of aromatic nitrogens is 1. The summed E-state index contributed by atoms with van der Waals surface area (Å²) < 4.78 is 0. The Morgan fingerprint density at radius 1 is 1.05 bits per heavy atom. The Kier molecular flexibility index (Phi) is 3.39. The zero-order chi connectivity index (χ0) is 13.1. The van der Waals surface area contributed by atoms with Gasteiger partial charge >= 0.3 is 0 Å². The number of hydrogen-bond donors (Lipinski definition) is 2. The topological polar surface area (TPSA) is 37.0 Å². The predicted octanol–water partition coefficient (Wildman–Crippen LogP) is 4.11. The second kappa shape index (κ2) is 5.34. The van der Waals surface area contributed by atoms with Crippen molar-refractivity contribution in [2.45, 2.75) is 0 Å². The van der Waals surface area contributed by atoms with E-state index in [1.165, 1.54) is 22.1 Å². The van der Waals surface area contributed by atoms with Crippen molar-refractivity contribution >= 4 is 50.3 Å². The molecule has 0 aliphatic carbocycles. The Bertz CT molecular complexity index is 708. The van der Waals surface area contributed by atoms with E-state index in [0.717, 1.165) is 10.8 Å². The number of anilines is 2. The van der Waals surface area contributed by atoms with E-state index < -0.39 is 0 Å². The molecule has 19 heavy (non-hydrogen) atoms. The van der Waals surface area contributed by atoms with Gasteiger partial charge in [0.05, 0.1) is 0 Å². The number of rotatable bonds is 2. The molecule has 1 aromatic heterocycles. The van der Waals surface area contributed by atoms with Crippen LogP contribution in [-0.4, -0.2) is 10.1 Å². The first-order valence-corrected chi connectivity index (χ1v) is 7.06. The predicted molar refractivity (Wildman–Crippen MR) is 85.9 cm³/mol. The van der Waals surface area contributed by atoms with Crippen molar-refractivity contribution in [2.75, 3.05) is 10.6 Å². The lowest BCUT2D eigenvalue weighted by Crippen LogP contribution is -2.18. The van der Waals surface area contributed by atoms with Gasteiger partial charge in [-0.1, -0.05) is 30.3 Å². The van der Waals surface area contributed by atoms with Crippen molar-refractivity contribution in [3.8, 4) is 0 Å². The summed E-state index contributed by atoms with van der Waals surface area (Å²) in [4.78, 5) is 4.13. The highest BCUT2D eigenvalue weighted by molar-refractivity contribution is 7.80. The SMILES string of the molecule is S=C(Nc1ccc2ccccc2c1)Nc1nccs1. The Balaban J connectivity index is 1.75. The van der Waals surface area contributed by atoms with Crippen LogP contribution < -0.4 is 10.6 Å². The molecule has 0 spiro atoms. The van der Waals surface area contributed by atoms with Gasteiger partial charge in [-0.05, 0) is 35.1 Å². The maximum absolute atomic E-state index is 5.25. The third kappa shape index (κ3) is 2.89. The Labute approximate surface area is 120 Å². The van der Waals surface area contributed by atoms with Gasteiger partial charge in [-0.25, -0.2) is 4.98 Å². The van der Waals surface area contributed by atoms with Crippen molar-refractivity contribution < 1.29 is 0 Å². The van der Waals surface area contributed by atoms with Crippen LogP contribution in [0, 0.1) is 0 Å². The third-order valence-electron chi connectivity index (χ3n) is 2.66. The van der Waals surface area contributed by atoms with E-state index in [1.807, 2.05) is 23.6 Å². The molecule has 94 valence electrons. The highest BCUT2D eigenvalue weighted by Gasteiger charge is 2.01. The molecular weight excluding hydrogens is 274 g/mol. The van der Waals surface area contributed by atoms with Gasteiger partial charge in [0.15, 0.2) is 10.2 Å². The third-order valence-corrected chi connectivity index (χ3v) is 3.55. The summed E-state index contributed by atoms with van der Waals surface area (Å²) in [6.07, 6.45) is 1.74. The summed E-state index contributed by atoms with van der Waals surface area (Å²) in [7, 11) is 0. The van der Waals surface area contributed by atoms with Gasteiger partial charge in [0.25, 0.3) is 0 Å².